The van der Waals surface area contributed by atoms with Gasteiger partial charge in [0.05, 0.1) is 18.3 Å². The van der Waals surface area contributed by atoms with Gasteiger partial charge in [0.2, 0.25) is 0 Å². The summed E-state index contributed by atoms with van der Waals surface area (Å²) in [6.07, 6.45) is 3.02. The van der Waals surface area contributed by atoms with E-state index in [9.17, 15) is 10.1 Å². The van der Waals surface area contributed by atoms with Crippen molar-refractivity contribution >= 4 is 11.7 Å². The Morgan fingerprint density at radius 2 is 2.03 bits per heavy atom. The Bertz CT molecular complexity index is 959. The maximum atomic E-state index is 12.5. The third-order valence-corrected chi connectivity index (χ3v) is 4.48. The van der Waals surface area contributed by atoms with Gasteiger partial charge in [-0.05, 0) is 62.4 Å². The topological polar surface area (TPSA) is 135 Å². The van der Waals surface area contributed by atoms with Gasteiger partial charge in [0.25, 0.3) is 5.91 Å². The van der Waals surface area contributed by atoms with E-state index in [4.69, 9.17) is 21.3 Å². The summed E-state index contributed by atoms with van der Waals surface area (Å²) in [7, 11) is 0. The van der Waals surface area contributed by atoms with Gasteiger partial charge in [0.1, 0.15) is 17.7 Å². The molecule has 0 unspecified atom stereocenters. The summed E-state index contributed by atoms with van der Waals surface area (Å²) in [5.74, 6) is 0.206. The van der Waals surface area contributed by atoms with Crippen LogP contribution in [0.1, 0.15) is 52.9 Å². The molecule has 1 amide bonds. The predicted octanol–water partition coefficient (Wildman–Crippen LogP) is 2.32. The van der Waals surface area contributed by atoms with Crippen LogP contribution in [0, 0.1) is 11.3 Å². The van der Waals surface area contributed by atoms with Gasteiger partial charge in [-0.3, -0.25) is 4.79 Å². The number of aliphatic imine (C=N–C) groups is 1. The van der Waals surface area contributed by atoms with Crippen LogP contribution in [0.2, 0.25) is 0 Å². The first-order chi connectivity index (χ1) is 14.4. The van der Waals surface area contributed by atoms with Gasteiger partial charge in [0, 0.05) is 17.7 Å². The number of hydrogen-bond donors (Lipinski definition) is 3. The highest BCUT2D eigenvalue weighted by Crippen LogP contribution is 2.25. The van der Waals surface area contributed by atoms with Crippen LogP contribution in [0.3, 0.4) is 0 Å². The van der Waals surface area contributed by atoms with Crippen molar-refractivity contribution in [3.05, 3.63) is 64.2 Å². The summed E-state index contributed by atoms with van der Waals surface area (Å²) < 4.78 is 5.58. The molecule has 0 saturated carbocycles. The molecule has 0 saturated heterocycles. The van der Waals surface area contributed by atoms with Crippen LogP contribution in [0.15, 0.2) is 41.4 Å². The van der Waals surface area contributed by atoms with E-state index in [1.807, 2.05) is 26.0 Å². The van der Waals surface area contributed by atoms with Gasteiger partial charge in [-0.25, -0.2) is 0 Å². The number of benzene rings is 2. The van der Waals surface area contributed by atoms with Crippen molar-refractivity contribution in [2.75, 3.05) is 13.2 Å². The van der Waals surface area contributed by atoms with Gasteiger partial charge < -0.3 is 21.3 Å². The predicted molar refractivity (Wildman–Crippen MR) is 117 cm³/mol. The van der Waals surface area contributed by atoms with Crippen LogP contribution in [-0.4, -0.2) is 36.1 Å². The lowest BCUT2D eigenvalue weighted by atomic mass is 10.0. The molecule has 30 heavy (non-hydrogen) atoms. The average Bonchev–Trinajstić information content (AvgIpc) is 3.22. The molecule has 1 aliphatic rings. The Hall–Kier alpha value is -3.21. The highest BCUT2D eigenvalue weighted by Gasteiger charge is 2.17. The van der Waals surface area contributed by atoms with Crippen molar-refractivity contribution < 1.29 is 14.6 Å². The number of ether oxygens (including phenoxy) is 1. The molecule has 2 aromatic rings. The number of aliphatic hydroxyl groups is 1. The molecule has 3 rings (SSSR count). The van der Waals surface area contributed by atoms with Crippen LogP contribution in [0.25, 0.3) is 0 Å². The smallest absolute Gasteiger partial charge is 0.278 e. The zero-order chi connectivity index (χ0) is 22.1. The summed E-state index contributed by atoms with van der Waals surface area (Å²) in [6, 6.07) is 12.7. The average molecular weight is 409 g/mol. The van der Waals surface area contributed by atoms with E-state index < -0.39 is 5.91 Å². The van der Waals surface area contributed by atoms with Crippen molar-refractivity contribution in [2.24, 2.45) is 16.5 Å². The molecule has 0 aliphatic heterocycles. The molecule has 0 heterocycles. The van der Waals surface area contributed by atoms with Crippen LogP contribution in [0.4, 0.5) is 0 Å². The first-order valence-electron chi connectivity index (χ1n) is 9.92. The fourth-order valence-electron chi connectivity index (χ4n) is 3.20. The minimum atomic E-state index is -0.467. The first kappa shape index (κ1) is 23.1. The van der Waals surface area contributed by atoms with E-state index >= 15 is 0 Å². The number of aliphatic hydroxyl groups excluding tert-OH is 1. The van der Waals surface area contributed by atoms with E-state index in [1.54, 1.807) is 12.1 Å². The molecular formula is C23H28N4O3. The van der Waals surface area contributed by atoms with Crippen molar-refractivity contribution in [1.82, 2.24) is 0 Å². The van der Waals surface area contributed by atoms with Gasteiger partial charge in [0.15, 0.2) is 0 Å². The standard InChI is InChI=1S/C21H21N3O2.C2H7NO/c1-13(2)26-19-10-9-15(11-16(19)12-22)21(25)24-20(23)18-8-4-6-14-5-3-7-17(14)18;3-1-2-4/h4,6,8-11,13H,3,5,7H2,1-2H3,(H2,23,24,25);4H,1-3H2. The van der Waals surface area contributed by atoms with E-state index in [0.717, 1.165) is 24.8 Å². The van der Waals surface area contributed by atoms with Crippen LogP contribution >= 0.6 is 0 Å². The second kappa shape index (κ2) is 11.1. The number of nitrogens with zero attached hydrogens (tertiary/aromatic N) is 2. The highest BCUT2D eigenvalue weighted by molar-refractivity contribution is 6.09. The van der Waals surface area contributed by atoms with Crippen LogP contribution in [-0.2, 0) is 12.8 Å². The summed E-state index contributed by atoms with van der Waals surface area (Å²) in [4.78, 5) is 16.6. The molecule has 0 spiro atoms. The number of hydrogen-bond acceptors (Lipinski definition) is 5. The molecule has 0 bridgehead atoms. The van der Waals surface area contributed by atoms with Crippen LogP contribution in [0.5, 0.6) is 5.75 Å². The quantitative estimate of drug-likeness (QED) is 0.513. The molecule has 5 N–H and O–H groups in total. The second-order valence-electron chi connectivity index (χ2n) is 7.10. The zero-order valence-corrected chi connectivity index (χ0v) is 17.4. The maximum Gasteiger partial charge on any atom is 0.278 e. The fraction of sp³-hybridized carbons (Fsp3) is 0.348. The Labute approximate surface area is 177 Å². The lowest BCUT2D eigenvalue weighted by Crippen LogP contribution is -2.18. The minimum absolute atomic E-state index is 0.0579. The Morgan fingerprint density at radius 3 is 2.67 bits per heavy atom. The monoisotopic (exact) mass is 408 g/mol. The van der Waals surface area contributed by atoms with Crippen LogP contribution < -0.4 is 16.2 Å². The lowest BCUT2D eigenvalue weighted by Gasteiger charge is -2.11. The maximum absolute atomic E-state index is 12.5. The molecule has 0 aromatic heterocycles. The number of carbonyl (C=O) groups excluding carboxylic acids is 1. The largest absolute Gasteiger partial charge is 0.490 e. The second-order valence-corrected chi connectivity index (χ2v) is 7.10. The molecule has 7 nitrogen and oxygen atoms in total. The summed E-state index contributed by atoms with van der Waals surface area (Å²) >= 11 is 0. The van der Waals surface area contributed by atoms with Gasteiger partial charge in [-0.1, -0.05) is 18.2 Å². The number of carbonyl (C=O) groups is 1. The number of amidine groups is 1. The molecule has 0 radical (unpaired) electrons. The molecule has 0 fully saturated rings. The van der Waals surface area contributed by atoms with E-state index in [2.05, 4.69) is 17.1 Å². The first-order valence-corrected chi connectivity index (χ1v) is 9.92. The number of fused-ring (bicyclic) bond motifs is 1. The van der Waals surface area contributed by atoms with Crippen molar-refractivity contribution in [2.45, 2.75) is 39.2 Å². The number of aryl methyl sites for hydroxylation is 1. The van der Waals surface area contributed by atoms with E-state index in [0.29, 0.717) is 23.4 Å². The number of amides is 1. The SMILES string of the molecule is CC(C)Oc1ccc(C(=O)N=C(N)c2cccc3c2CCC3)cc1C#N.NCCO. The number of nitriles is 1. The molecule has 2 aromatic carbocycles. The summed E-state index contributed by atoms with van der Waals surface area (Å²) in [5.41, 5.74) is 14.8. The van der Waals surface area contributed by atoms with E-state index in [1.165, 1.54) is 17.2 Å². The summed E-state index contributed by atoms with van der Waals surface area (Å²) in [6.45, 7) is 4.23. The van der Waals surface area contributed by atoms with Crippen molar-refractivity contribution in [1.29, 1.82) is 5.26 Å². The van der Waals surface area contributed by atoms with Gasteiger partial charge >= 0.3 is 0 Å². The third kappa shape index (κ3) is 5.89. The Morgan fingerprint density at radius 1 is 1.30 bits per heavy atom. The van der Waals surface area contributed by atoms with Gasteiger partial charge in [-0.15, -0.1) is 0 Å². The fourth-order valence-corrected chi connectivity index (χ4v) is 3.20. The van der Waals surface area contributed by atoms with Crippen molar-refractivity contribution in [3.63, 3.8) is 0 Å². The Kier molecular flexibility index (Phi) is 8.54. The van der Waals surface area contributed by atoms with Crippen molar-refractivity contribution in [3.8, 4) is 11.8 Å². The minimum Gasteiger partial charge on any atom is -0.490 e. The molecule has 158 valence electrons. The lowest BCUT2D eigenvalue weighted by molar-refractivity contribution is 0.100. The Balaban J connectivity index is 0.000000735. The molecule has 7 heteroatoms. The molecule has 0 atom stereocenters. The summed E-state index contributed by atoms with van der Waals surface area (Å²) in [5, 5.41) is 17.1. The highest BCUT2D eigenvalue weighted by atomic mass is 16.5. The number of nitrogens with two attached hydrogens (primary N) is 2. The molecular weight excluding hydrogens is 380 g/mol. The normalized spacial score (nSPS) is 12.6. The van der Waals surface area contributed by atoms with E-state index in [-0.39, 0.29) is 18.5 Å². The molecule has 1 aliphatic carbocycles. The third-order valence-electron chi connectivity index (χ3n) is 4.48. The zero-order valence-electron chi connectivity index (χ0n) is 17.4. The van der Waals surface area contributed by atoms with Gasteiger partial charge in [-0.2, -0.15) is 10.3 Å². The number of rotatable bonds is 5.